The molecule has 0 amide bonds. The lowest BCUT2D eigenvalue weighted by atomic mass is 9.73. The van der Waals surface area contributed by atoms with Crippen molar-refractivity contribution in [1.29, 1.82) is 0 Å². The van der Waals surface area contributed by atoms with Crippen molar-refractivity contribution in [3.05, 3.63) is 0 Å². The molecule has 0 saturated carbocycles. The minimum Gasteiger partial charge on any atom is -0.390 e. The fraction of sp³-hybridized carbons (Fsp3) is 0.976. The van der Waals surface area contributed by atoms with E-state index < -0.39 is 83.3 Å². The van der Waals surface area contributed by atoms with E-state index >= 15 is 0 Å². The first-order chi connectivity index (χ1) is 25.9. The Morgan fingerprint density at radius 3 is 2.27 bits per heavy atom. The maximum atomic E-state index is 14.7. The molecule has 330 valence electrons. The molecule has 3 saturated heterocycles. The van der Waals surface area contributed by atoms with Gasteiger partial charge >= 0.3 is 0 Å². The van der Waals surface area contributed by atoms with Gasteiger partial charge in [0, 0.05) is 56.3 Å². The van der Waals surface area contributed by atoms with Crippen molar-refractivity contribution in [3.63, 3.8) is 0 Å². The minimum atomic E-state index is -1.59. The highest BCUT2D eigenvalue weighted by atomic mass is 16.7. The number of hydrogen-bond donors (Lipinski definition) is 7. The van der Waals surface area contributed by atoms with Gasteiger partial charge in [-0.25, -0.2) is 0 Å². The van der Waals surface area contributed by atoms with Crippen molar-refractivity contribution in [2.24, 2.45) is 23.7 Å². The summed E-state index contributed by atoms with van der Waals surface area (Å²) in [4.78, 5) is 16.6. The van der Waals surface area contributed by atoms with Crippen LogP contribution in [0.1, 0.15) is 115 Å². The van der Waals surface area contributed by atoms with E-state index in [-0.39, 0.29) is 55.7 Å². The number of hydrogen-bond acceptors (Lipinski definition) is 14. The van der Waals surface area contributed by atoms with Crippen LogP contribution in [0.4, 0.5) is 0 Å². The van der Waals surface area contributed by atoms with Gasteiger partial charge in [-0.1, -0.05) is 34.6 Å². The molecule has 14 heteroatoms. The molecular formula is C42H81N3O11. The molecule has 3 aliphatic heterocycles. The number of likely N-dealkylation sites (N-methyl/N-ethyl adjacent to an activating group) is 1. The molecule has 56 heavy (non-hydrogen) atoms. The number of ether oxygens (including phenoxy) is 5. The third kappa shape index (κ3) is 11.1. The van der Waals surface area contributed by atoms with Crippen molar-refractivity contribution in [1.82, 2.24) is 15.5 Å². The maximum absolute atomic E-state index is 14.7. The van der Waals surface area contributed by atoms with Gasteiger partial charge in [-0.2, -0.15) is 0 Å². The van der Waals surface area contributed by atoms with Gasteiger partial charge in [-0.3, -0.25) is 4.79 Å². The van der Waals surface area contributed by atoms with Crippen LogP contribution in [-0.2, 0) is 28.5 Å². The fourth-order valence-electron chi connectivity index (χ4n) is 9.68. The third-order valence-corrected chi connectivity index (χ3v) is 13.6. The average Bonchev–Trinajstić information content (AvgIpc) is 3.12. The van der Waals surface area contributed by atoms with Gasteiger partial charge < -0.3 is 64.8 Å². The molecular weight excluding hydrogens is 722 g/mol. The van der Waals surface area contributed by atoms with E-state index in [1.807, 2.05) is 53.6 Å². The Labute approximate surface area is 337 Å². The largest absolute Gasteiger partial charge is 0.390 e. The van der Waals surface area contributed by atoms with E-state index in [1.165, 1.54) is 0 Å². The molecule has 0 unspecified atom stereocenters. The predicted octanol–water partition coefficient (Wildman–Crippen LogP) is 2.59. The first kappa shape index (κ1) is 49.5. The van der Waals surface area contributed by atoms with Crippen LogP contribution < -0.4 is 10.6 Å². The monoisotopic (exact) mass is 804 g/mol. The zero-order valence-electron chi connectivity index (χ0n) is 37.1. The summed E-state index contributed by atoms with van der Waals surface area (Å²) in [7, 11) is 5.36. The van der Waals surface area contributed by atoms with E-state index in [0.29, 0.717) is 25.9 Å². The summed E-state index contributed by atoms with van der Waals surface area (Å²) in [5.41, 5.74) is -5.61. The first-order valence-corrected chi connectivity index (χ1v) is 21.2. The molecule has 18 atom stereocenters. The molecule has 0 spiro atoms. The van der Waals surface area contributed by atoms with E-state index in [9.17, 15) is 30.3 Å². The van der Waals surface area contributed by atoms with Crippen LogP contribution in [0.3, 0.4) is 0 Å². The van der Waals surface area contributed by atoms with Crippen LogP contribution in [0.5, 0.6) is 0 Å². The standard InChI is InChI=1S/C42H81N3O11/c1-15-17-43-23-42(51)29(8)54-34(21-40(42,10)52-14)55-36-26(5)32(46)19-30(41(11,50)33(47)16-2)28(7)44-22-24(3)20-39(9,49)37(27(36)6)56-38-35(48)31(45(12)13)18-25(4)53-38/h24-31,33-38,43-44,47-51H,15-23H2,1-14H3/t24-,25-,26+,27+,28+,29+,30+,31+,33-,34+,35-,36-,37-,38+,39-,40-,41+,42+/m1/s1. The van der Waals surface area contributed by atoms with Gasteiger partial charge in [-0.05, 0) is 100 Å². The Morgan fingerprint density at radius 2 is 1.70 bits per heavy atom. The summed E-state index contributed by atoms with van der Waals surface area (Å²) in [6.45, 7) is 21.7. The smallest absolute Gasteiger partial charge is 0.185 e. The Balaban J connectivity index is 2.16. The Hall–Kier alpha value is -0.850. The number of carbonyl (C=O) groups excluding carboxylic acids is 1. The molecule has 3 fully saturated rings. The number of rotatable bonds is 13. The number of methoxy groups -OCH3 is 1. The van der Waals surface area contributed by atoms with Gasteiger partial charge in [0.2, 0.25) is 0 Å². The topological polar surface area (TPSA) is 192 Å². The Bertz CT molecular complexity index is 1230. The molecule has 0 radical (unpaired) electrons. The summed E-state index contributed by atoms with van der Waals surface area (Å²) in [6.07, 6.45) is -4.86. The number of nitrogens with zero attached hydrogens (tertiary/aromatic N) is 1. The molecule has 3 aliphatic rings. The van der Waals surface area contributed by atoms with Crippen LogP contribution >= 0.6 is 0 Å². The Morgan fingerprint density at radius 1 is 1.05 bits per heavy atom. The summed E-state index contributed by atoms with van der Waals surface area (Å²) in [5.74, 6) is -2.47. The highest BCUT2D eigenvalue weighted by Gasteiger charge is 2.58. The van der Waals surface area contributed by atoms with Gasteiger partial charge in [0.25, 0.3) is 0 Å². The molecule has 0 aromatic carbocycles. The predicted molar refractivity (Wildman–Crippen MR) is 215 cm³/mol. The SMILES string of the molecule is CCCNC[C@]1(O)[C@H](C)O[C@@H](O[C@H]2[C@H](C)[C@@H](O[C@@H]3O[C@H](C)C[C@H](N(C)C)[C@H]3O)[C@](C)(O)C[C@@H](C)CN[C@@H](C)[C@@H]([C@](C)(O)[C@H](O)CC)CC(=O)[C@@H]2C)C[C@@]1(C)OC. The van der Waals surface area contributed by atoms with Crippen LogP contribution in [0.25, 0.3) is 0 Å². The molecule has 0 aromatic rings. The summed E-state index contributed by atoms with van der Waals surface area (Å²) in [6, 6.07) is -0.632. The molecule has 7 N–H and O–H groups in total. The second kappa shape index (κ2) is 20.1. The Kier molecular flexibility index (Phi) is 17.8. The number of aliphatic hydroxyl groups is 5. The second-order valence-electron chi connectivity index (χ2n) is 18.6. The van der Waals surface area contributed by atoms with E-state index in [0.717, 1.165) is 6.42 Å². The second-order valence-corrected chi connectivity index (χ2v) is 18.6. The van der Waals surface area contributed by atoms with Gasteiger partial charge in [0.15, 0.2) is 12.6 Å². The zero-order valence-corrected chi connectivity index (χ0v) is 37.1. The normalized spacial score (nSPS) is 45.4. The highest BCUT2D eigenvalue weighted by molar-refractivity contribution is 5.81. The molecule has 0 aliphatic carbocycles. The number of Topliss-reactive ketones (excluding diaryl/α,β-unsaturated/α-hetero) is 1. The van der Waals surface area contributed by atoms with Crippen molar-refractivity contribution >= 4 is 5.78 Å². The van der Waals surface area contributed by atoms with Crippen molar-refractivity contribution in [2.45, 2.75) is 198 Å². The van der Waals surface area contributed by atoms with Crippen LogP contribution in [0, 0.1) is 23.7 Å². The maximum Gasteiger partial charge on any atom is 0.185 e. The third-order valence-electron chi connectivity index (χ3n) is 13.6. The van der Waals surface area contributed by atoms with E-state index in [4.69, 9.17) is 23.7 Å². The fourth-order valence-corrected chi connectivity index (χ4v) is 9.68. The van der Waals surface area contributed by atoms with Crippen molar-refractivity contribution in [3.8, 4) is 0 Å². The molecule has 0 bridgehead atoms. The van der Waals surface area contributed by atoms with Gasteiger partial charge in [0.05, 0.1) is 41.7 Å². The lowest BCUT2D eigenvalue weighted by Crippen LogP contribution is -2.70. The summed E-state index contributed by atoms with van der Waals surface area (Å²) < 4.78 is 32.4. The van der Waals surface area contributed by atoms with Crippen LogP contribution in [-0.4, -0.2) is 161 Å². The number of ketones is 1. The van der Waals surface area contributed by atoms with Crippen LogP contribution in [0.15, 0.2) is 0 Å². The molecule has 14 nitrogen and oxygen atoms in total. The van der Waals surface area contributed by atoms with E-state index in [2.05, 4.69) is 17.6 Å². The average molecular weight is 804 g/mol. The number of carbonyl (C=O) groups is 1. The number of nitrogens with one attached hydrogen (secondary N) is 2. The first-order valence-electron chi connectivity index (χ1n) is 21.2. The van der Waals surface area contributed by atoms with Gasteiger partial charge in [0.1, 0.15) is 23.1 Å². The highest BCUT2D eigenvalue weighted by Crippen LogP contribution is 2.43. The molecule has 3 rings (SSSR count). The van der Waals surface area contributed by atoms with Crippen molar-refractivity contribution < 1.29 is 54.0 Å². The summed E-state index contributed by atoms with van der Waals surface area (Å²) in [5, 5.41) is 65.8. The quantitative estimate of drug-likeness (QED) is 0.135. The lowest BCUT2D eigenvalue weighted by molar-refractivity contribution is -0.335. The molecule has 0 aromatic heterocycles. The zero-order chi connectivity index (χ0) is 42.6. The molecule has 3 heterocycles. The summed E-state index contributed by atoms with van der Waals surface area (Å²) >= 11 is 0. The van der Waals surface area contributed by atoms with E-state index in [1.54, 1.807) is 41.7 Å². The van der Waals surface area contributed by atoms with Gasteiger partial charge in [-0.15, -0.1) is 0 Å². The van der Waals surface area contributed by atoms with Crippen LogP contribution in [0.2, 0.25) is 0 Å². The number of aliphatic hydroxyl groups excluding tert-OH is 2. The minimum absolute atomic E-state index is 0.0602. The van der Waals surface area contributed by atoms with Crippen molar-refractivity contribution in [2.75, 3.05) is 40.8 Å². The lowest BCUT2D eigenvalue weighted by Gasteiger charge is -2.53.